The van der Waals surface area contributed by atoms with Gasteiger partial charge in [-0.25, -0.2) is 13.4 Å². The van der Waals surface area contributed by atoms with Crippen molar-refractivity contribution in [1.82, 2.24) is 4.98 Å². The van der Waals surface area contributed by atoms with Crippen LogP contribution in [0.2, 0.25) is 0 Å². The molecule has 0 saturated heterocycles. The zero-order valence-corrected chi connectivity index (χ0v) is 16.5. The Hall–Kier alpha value is -2.34. The van der Waals surface area contributed by atoms with Crippen LogP contribution in [0.5, 0.6) is 0 Å². The second kappa shape index (κ2) is 9.04. The van der Waals surface area contributed by atoms with Crippen molar-refractivity contribution in [2.75, 3.05) is 10.5 Å². The second-order valence-electron chi connectivity index (χ2n) is 6.72. The summed E-state index contributed by atoms with van der Waals surface area (Å²) in [7, 11) is -3.41. The molecule has 27 heavy (non-hydrogen) atoms. The van der Waals surface area contributed by atoms with Crippen LogP contribution in [0.1, 0.15) is 45.4 Å². The van der Waals surface area contributed by atoms with Crippen molar-refractivity contribution in [3.05, 3.63) is 48.5 Å². The number of nitrogens with zero attached hydrogens (tertiary/aromatic N) is 1. The number of sulfonamides is 1. The zero-order chi connectivity index (χ0) is 19.1. The van der Waals surface area contributed by atoms with E-state index >= 15 is 0 Å². The molecular formula is C21H26N2O3S. The van der Waals surface area contributed by atoms with Gasteiger partial charge in [-0.1, -0.05) is 63.3 Å². The second-order valence-corrected chi connectivity index (χ2v) is 8.56. The van der Waals surface area contributed by atoms with Crippen LogP contribution in [-0.2, 0) is 10.0 Å². The summed E-state index contributed by atoms with van der Waals surface area (Å²) in [6.45, 7) is 2.17. The Balaban J connectivity index is 1.70. The quantitative estimate of drug-likeness (QED) is 0.461. The minimum atomic E-state index is -3.41. The zero-order valence-electron chi connectivity index (χ0n) is 15.6. The van der Waals surface area contributed by atoms with Crippen LogP contribution >= 0.6 is 0 Å². The molecule has 0 radical (unpaired) electrons. The Morgan fingerprint density at radius 2 is 1.63 bits per heavy atom. The summed E-state index contributed by atoms with van der Waals surface area (Å²) in [5, 5.41) is 0. The number of hydrogen-bond acceptors (Lipinski definition) is 4. The Labute approximate surface area is 160 Å². The molecule has 0 fully saturated rings. The fourth-order valence-corrected chi connectivity index (χ4v) is 4.24. The van der Waals surface area contributed by atoms with Gasteiger partial charge in [0.2, 0.25) is 15.9 Å². The molecule has 144 valence electrons. The number of rotatable bonds is 10. The number of unbranched alkanes of at least 4 members (excludes halogenated alkanes) is 5. The van der Waals surface area contributed by atoms with E-state index in [1.54, 1.807) is 12.1 Å². The first-order chi connectivity index (χ1) is 13.1. The molecule has 1 heterocycles. The van der Waals surface area contributed by atoms with Crippen molar-refractivity contribution < 1.29 is 12.8 Å². The lowest BCUT2D eigenvalue weighted by Crippen LogP contribution is -2.17. The molecule has 0 aliphatic carbocycles. The number of hydrogen-bond donors (Lipinski definition) is 1. The summed E-state index contributed by atoms with van der Waals surface area (Å²) in [4.78, 5) is 4.48. The number of fused-ring (bicyclic) bond motifs is 1. The normalized spacial score (nSPS) is 11.7. The van der Waals surface area contributed by atoms with E-state index in [4.69, 9.17) is 4.42 Å². The van der Waals surface area contributed by atoms with E-state index in [1.807, 2.05) is 36.4 Å². The van der Waals surface area contributed by atoms with Crippen LogP contribution in [0.25, 0.3) is 22.6 Å². The fraction of sp³-hybridized carbons (Fsp3) is 0.381. The van der Waals surface area contributed by atoms with E-state index in [0.29, 0.717) is 29.1 Å². The minimum absolute atomic E-state index is 0.126. The highest BCUT2D eigenvalue weighted by molar-refractivity contribution is 7.92. The topological polar surface area (TPSA) is 72.2 Å². The van der Waals surface area contributed by atoms with Gasteiger partial charge >= 0.3 is 0 Å². The lowest BCUT2D eigenvalue weighted by molar-refractivity contribution is 0.588. The average molecular weight is 387 g/mol. The maximum atomic E-state index is 12.5. The van der Waals surface area contributed by atoms with E-state index in [1.165, 1.54) is 19.3 Å². The molecule has 0 unspecified atom stereocenters. The van der Waals surface area contributed by atoms with Crippen LogP contribution in [0.15, 0.2) is 52.9 Å². The monoisotopic (exact) mass is 386 g/mol. The van der Waals surface area contributed by atoms with Crippen molar-refractivity contribution in [2.45, 2.75) is 45.4 Å². The molecule has 0 aliphatic rings. The highest BCUT2D eigenvalue weighted by atomic mass is 32.2. The first-order valence-electron chi connectivity index (χ1n) is 9.54. The van der Waals surface area contributed by atoms with Gasteiger partial charge in [0.05, 0.1) is 17.0 Å². The SMILES string of the molecule is CCCCCCCCS(=O)(=O)Nc1ccccc1-c1nc2ccccc2o1. The Bertz CT molecular complexity index is 947. The fourth-order valence-electron chi connectivity index (χ4n) is 3.04. The lowest BCUT2D eigenvalue weighted by Gasteiger charge is -2.10. The third kappa shape index (κ3) is 5.32. The molecule has 6 heteroatoms. The van der Waals surface area contributed by atoms with Crippen LogP contribution < -0.4 is 4.72 Å². The summed E-state index contributed by atoms with van der Waals surface area (Å²) in [5.74, 6) is 0.537. The van der Waals surface area contributed by atoms with Gasteiger partial charge in [-0.05, 0) is 30.7 Å². The summed E-state index contributed by atoms with van der Waals surface area (Å²) in [5.41, 5.74) is 2.56. The molecule has 0 bridgehead atoms. The molecule has 5 nitrogen and oxygen atoms in total. The van der Waals surface area contributed by atoms with Crippen molar-refractivity contribution >= 4 is 26.8 Å². The van der Waals surface area contributed by atoms with Gasteiger partial charge in [0.25, 0.3) is 0 Å². The number of benzene rings is 2. The Morgan fingerprint density at radius 1 is 0.926 bits per heavy atom. The summed E-state index contributed by atoms with van der Waals surface area (Å²) in [6.07, 6.45) is 6.26. The highest BCUT2D eigenvalue weighted by Crippen LogP contribution is 2.30. The largest absolute Gasteiger partial charge is 0.436 e. The van der Waals surface area contributed by atoms with E-state index in [9.17, 15) is 8.42 Å². The molecule has 1 N–H and O–H groups in total. The summed E-state index contributed by atoms with van der Waals surface area (Å²) in [6, 6.07) is 14.7. The third-order valence-electron chi connectivity index (χ3n) is 4.48. The maximum Gasteiger partial charge on any atom is 0.232 e. The molecule has 0 atom stereocenters. The number of para-hydroxylation sites is 3. The van der Waals surface area contributed by atoms with Crippen molar-refractivity contribution in [3.63, 3.8) is 0 Å². The predicted octanol–water partition coefficient (Wildman–Crippen LogP) is 5.60. The van der Waals surface area contributed by atoms with Gasteiger partial charge in [-0.2, -0.15) is 0 Å². The van der Waals surface area contributed by atoms with Gasteiger partial charge in [-0.3, -0.25) is 4.72 Å². The molecule has 0 spiro atoms. The predicted molar refractivity (Wildman–Crippen MR) is 110 cm³/mol. The van der Waals surface area contributed by atoms with E-state index in [0.717, 1.165) is 18.4 Å². The Morgan fingerprint density at radius 3 is 2.44 bits per heavy atom. The lowest BCUT2D eigenvalue weighted by atomic mass is 10.1. The smallest absolute Gasteiger partial charge is 0.232 e. The third-order valence-corrected chi connectivity index (χ3v) is 5.84. The van der Waals surface area contributed by atoms with Gasteiger partial charge in [0.1, 0.15) is 5.52 Å². The first kappa shape index (κ1) is 19.4. The van der Waals surface area contributed by atoms with Gasteiger partial charge < -0.3 is 4.42 Å². The standard InChI is InChI=1S/C21H26N2O3S/c1-2-3-4-5-6-11-16-27(24,25)23-18-13-8-7-12-17(18)21-22-19-14-9-10-15-20(19)26-21/h7-10,12-15,23H,2-6,11,16H2,1H3. The molecule has 3 rings (SSSR count). The van der Waals surface area contributed by atoms with Gasteiger partial charge in [-0.15, -0.1) is 0 Å². The molecule has 2 aromatic carbocycles. The van der Waals surface area contributed by atoms with Crippen molar-refractivity contribution in [3.8, 4) is 11.5 Å². The number of nitrogens with one attached hydrogen (secondary N) is 1. The van der Waals surface area contributed by atoms with Crippen molar-refractivity contribution in [1.29, 1.82) is 0 Å². The van der Waals surface area contributed by atoms with Gasteiger partial charge in [0.15, 0.2) is 5.58 Å². The first-order valence-corrected chi connectivity index (χ1v) is 11.2. The van der Waals surface area contributed by atoms with Crippen LogP contribution in [0.4, 0.5) is 5.69 Å². The molecular weight excluding hydrogens is 360 g/mol. The van der Waals surface area contributed by atoms with Crippen LogP contribution in [0.3, 0.4) is 0 Å². The molecule has 0 saturated carbocycles. The minimum Gasteiger partial charge on any atom is -0.436 e. The van der Waals surface area contributed by atoms with Crippen molar-refractivity contribution in [2.24, 2.45) is 0 Å². The molecule has 0 amide bonds. The van der Waals surface area contributed by atoms with E-state index in [2.05, 4.69) is 16.6 Å². The van der Waals surface area contributed by atoms with Crippen LogP contribution in [0, 0.1) is 0 Å². The highest BCUT2D eigenvalue weighted by Gasteiger charge is 2.16. The maximum absolute atomic E-state index is 12.5. The molecule has 1 aromatic heterocycles. The summed E-state index contributed by atoms with van der Waals surface area (Å²) < 4.78 is 33.5. The molecule has 3 aromatic rings. The van der Waals surface area contributed by atoms with Crippen LogP contribution in [-0.4, -0.2) is 19.2 Å². The summed E-state index contributed by atoms with van der Waals surface area (Å²) >= 11 is 0. The van der Waals surface area contributed by atoms with E-state index in [-0.39, 0.29) is 5.75 Å². The number of anilines is 1. The van der Waals surface area contributed by atoms with Gasteiger partial charge in [0, 0.05) is 0 Å². The number of aromatic nitrogens is 1. The number of oxazole rings is 1. The molecule has 0 aliphatic heterocycles. The van der Waals surface area contributed by atoms with E-state index < -0.39 is 10.0 Å². The Kier molecular flexibility index (Phi) is 6.50. The average Bonchev–Trinajstić information content (AvgIpc) is 3.08.